The van der Waals surface area contributed by atoms with Crippen LogP contribution in [0.1, 0.15) is 38.1 Å². The van der Waals surface area contributed by atoms with E-state index in [4.69, 9.17) is 4.74 Å². The van der Waals surface area contributed by atoms with Gasteiger partial charge in [-0.1, -0.05) is 42.1 Å². The fourth-order valence-corrected chi connectivity index (χ4v) is 3.80. The highest BCUT2D eigenvalue weighted by atomic mass is 32.2. The summed E-state index contributed by atoms with van der Waals surface area (Å²) in [6.45, 7) is 5.78. The van der Waals surface area contributed by atoms with Gasteiger partial charge in [0.1, 0.15) is 0 Å². The van der Waals surface area contributed by atoms with E-state index in [1.807, 2.05) is 38.3 Å². The topological polar surface area (TPSA) is 69.0 Å². The number of thioether (sulfide) groups is 1. The van der Waals surface area contributed by atoms with Crippen molar-refractivity contribution in [2.45, 2.75) is 50.5 Å². The zero-order chi connectivity index (χ0) is 18.6. The van der Waals surface area contributed by atoms with Gasteiger partial charge in [-0.25, -0.2) is 0 Å². The monoisotopic (exact) mass is 374 g/mol. The number of nitrogens with one attached hydrogen (secondary N) is 1. The summed E-state index contributed by atoms with van der Waals surface area (Å²) < 4.78 is 7.77. The second-order valence-electron chi connectivity index (χ2n) is 7.19. The summed E-state index contributed by atoms with van der Waals surface area (Å²) in [6, 6.07) is 10.2. The predicted molar refractivity (Wildman–Crippen MR) is 102 cm³/mol. The molecule has 1 fully saturated rings. The summed E-state index contributed by atoms with van der Waals surface area (Å²) in [5.41, 5.74) is 0.945. The summed E-state index contributed by atoms with van der Waals surface area (Å²) in [7, 11) is 0. The minimum absolute atomic E-state index is 0.00994. The van der Waals surface area contributed by atoms with Crippen molar-refractivity contribution in [1.82, 2.24) is 20.1 Å². The zero-order valence-corrected chi connectivity index (χ0v) is 16.4. The Labute approximate surface area is 158 Å². The van der Waals surface area contributed by atoms with Crippen LogP contribution >= 0.6 is 11.8 Å². The molecule has 1 aromatic carbocycles. The van der Waals surface area contributed by atoms with Crippen LogP contribution in [0.4, 0.5) is 0 Å². The van der Waals surface area contributed by atoms with Gasteiger partial charge in [0.2, 0.25) is 5.91 Å². The Balaban J connectivity index is 1.66. The Kier molecular flexibility index (Phi) is 5.98. The highest BCUT2D eigenvalue weighted by Gasteiger charge is 2.32. The molecular weight excluding hydrogens is 348 g/mol. The molecule has 2 aromatic rings. The number of amides is 1. The lowest BCUT2D eigenvalue weighted by Gasteiger charge is -2.34. The smallest absolute Gasteiger partial charge is 0.223 e. The molecule has 0 aliphatic carbocycles. The van der Waals surface area contributed by atoms with Crippen LogP contribution in [-0.2, 0) is 22.6 Å². The molecule has 1 aromatic heterocycles. The van der Waals surface area contributed by atoms with Crippen molar-refractivity contribution in [2.24, 2.45) is 5.92 Å². The van der Waals surface area contributed by atoms with Crippen LogP contribution in [0.15, 0.2) is 35.5 Å². The molecule has 1 aliphatic heterocycles. The van der Waals surface area contributed by atoms with Crippen LogP contribution in [0.3, 0.4) is 0 Å². The van der Waals surface area contributed by atoms with Gasteiger partial charge in [-0.15, -0.1) is 10.2 Å². The van der Waals surface area contributed by atoms with Gasteiger partial charge in [0.15, 0.2) is 11.0 Å². The second kappa shape index (κ2) is 8.22. The maximum atomic E-state index is 12.6. The standard InChI is InChI=1S/C19H26N4O2S/c1-19(2)11-15(9-10-25-19)17(24)20-12-16-21-22-18(26-3)23(16)13-14-7-5-4-6-8-14/h4-8,15H,9-13H2,1-3H3,(H,20,24)/t15-/m0/s1. The minimum Gasteiger partial charge on any atom is -0.376 e. The molecule has 26 heavy (non-hydrogen) atoms. The molecule has 1 aliphatic rings. The summed E-state index contributed by atoms with van der Waals surface area (Å²) in [6.07, 6.45) is 3.49. The van der Waals surface area contributed by atoms with Gasteiger partial charge >= 0.3 is 0 Å². The first-order valence-electron chi connectivity index (χ1n) is 8.90. The Hall–Kier alpha value is -1.86. The molecule has 0 unspecified atom stereocenters. The molecule has 0 spiro atoms. The average Bonchev–Trinajstić information content (AvgIpc) is 3.01. The first kappa shape index (κ1) is 18.9. The van der Waals surface area contributed by atoms with Gasteiger partial charge in [-0.05, 0) is 38.5 Å². The van der Waals surface area contributed by atoms with Crippen molar-refractivity contribution >= 4 is 17.7 Å². The fourth-order valence-electron chi connectivity index (χ4n) is 3.29. The van der Waals surface area contributed by atoms with Gasteiger partial charge in [-0.3, -0.25) is 4.79 Å². The van der Waals surface area contributed by atoms with Gasteiger partial charge in [0.05, 0.1) is 18.7 Å². The molecule has 2 heterocycles. The van der Waals surface area contributed by atoms with Crippen LogP contribution in [-0.4, -0.2) is 39.1 Å². The van der Waals surface area contributed by atoms with Crippen LogP contribution in [0.5, 0.6) is 0 Å². The van der Waals surface area contributed by atoms with Crippen molar-refractivity contribution < 1.29 is 9.53 Å². The molecule has 1 saturated heterocycles. The molecular formula is C19H26N4O2S. The number of hydrogen-bond donors (Lipinski definition) is 1. The highest BCUT2D eigenvalue weighted by molar-refractivity contribution is 7.98. The highest BCUT2D eigenvalue weighted by Crippen LogP contribution is 2.28. The summed E-state index contributed by atoms with van der Waals surface area (Å²) >= 11 is 1.56. The molecule has 1 amide bonds. The van der Waals surface area contributed by atoms with E-state index in [9.17, 15) is 4.79 Å². The Bertz CT molecular complexity index is 745. The maximum absolute atomic E-state index is 12.6. The van der Waals surface area contributed by atoms with Crippen LogP contribution < -0.4 is 5.32 Å². The average molecular weight is 375 g/mol. The third-order valence-corrected chi connectivity index (χ3v) is 5.32. The number of carbonyl (C=O) groups excluding carboxylic acids is 1. The minimum atomic E-state index is -0.236. The fraction of sp³-hybridized carbons (Fsp3) is 0.526. The van der Waals surface area contributed by atoms with Crippen molar-refractivity contribution in [3.63, 3.8) is 0 Å². The summed E-state index contributed by atoms with van der Waals surface area (Å²) in [4.78, 5) is 12.6. The number of aromatic nitrogens is 3. The van der Waals surface area contributed by atoms with E-state index in [2.05, 4.69) is 32.2 Å². The molecule has 0 bridgehead atoms. The van der Waals surface area contributed by atoms with Crippen LogP contribution in [0.2, 0.25) is 0 Å². The molecule has 7 heteroatoms. The number of benzene rings is 1. The first-order valence-corrected chi connectivity index (χ1v) is 10.1. The van der Waals surface area contributed by atoms with E-state index in [-0.39, 0.29) is 17.4 Å². The molecule has 0 radical (unpaired) electrons. The van der Waals surface area contributed by atoms with E-state index >= 15 is 0 Å². The largest absolute Gasteiger partial charge is 0.376 e. The number of ether oxygens (including phenoxy) is 1. The Morgan fingerprint density at radius 2 is 2.12 bits per heavy atom. The van der Waals surface area contributed by atoms with E-state index in [0.29, 0.717) is 19.7 Å². The number of rotatable bonds is 6. The van der Waals surface area contributed by atoms with Gasteiger partial charge in [-0.2, -0.15) is 0 Å². The van der Waals surface area contributed by atoms with Crippen molar-refractivity contribution in [1.29, 1.82) is 0 Å². The maximum Gasteiger partial charge on any atom is 0.223 e. The third-order valence-electron chi connectivity index (χ3n) is 4.65. The van der Waals surface area contributed by atoms with E-state index < -0.39 is 0 Å². The lowest BCUT2D eigenvalue weighted by Crippen LogP contribution is -2.41. The van der Waals surface area contributed by atoms with E-state index in [1.165, 1.54) is 5.56 Å². The van der Waals surface area contributed by atoms with Gasteiger partial charge in [0, 0.05) is 12.5 Å². The van der Waals surface area contributed by atoms with E-state index in [0.717, 1.165) is 23.8 Å². The Morgan fingerprint density at radius 3 is 2.81 bits per heavy atom. The Morgan fingerprint density at radius 1 is 1.35 bits per heavy atom. The molecule has 140 valence electrons. The van der Waals surface area contributed by atoms with Crippen molar-refractivity contribution in [3.05, 3.63) is 41.7 Å². The molecule has 1 atom stereocenters. The molecule has 0 saturated carbocycles. The first-order chi connectivity index (χ1) is 12.5. The lowest BCUT2D eigenvalue weighted by atomic mass is 9.88. The summed E-state index contributed by atoms with van der Waals surface area (Å²) in [5.74, 6) is 0.837. The predicted octanol–water partition coefficient (Wildman–Crippen LogP) is 2.87. The quantitative estimate of drug-likeness (QED) is 0.788. The lowest BCUT2D eigenvalue weighted by molar-refractivity contribution is -0.135. The molecule has 6 nitrogen and oxygen atoms in total. The number of carbonyl (C=O) groups is 1. The van der Waals surface area contributed by atoms with Crippen molar-refractivity contribution in [3.8, 4) is 0 Å². The van der Waals surface area contributed by atoms with E-state index in [1.54, 1.807) is 11.8 Å². The van der Waals surface area contributed by atoms with Crippen LogP contribution in [0, 0.1) is 5.92 Å². The molecule has 1 N–H and O–H groups in total. The SMILES string of the molecule is CSc1nnc(CNC(=O)[C@H]2CCOC(C)(C)C2)n1Cc1ccccc1. The second-order valence-corrected chi connectivity index (χ2v) is 7.96. The normalized spacial score (nSPS) is 19.3. The van der Waals surface area contributed by atoms with Gasteiger partial charge < -0.3 is 14.6 Å². The van der Waals surface area contributed by atoms with Gasteiger partial charge in [0.25, 0.3) is 0 Å². The summed E-state index contributed by atoms with van der Waals surface area (Å²) in [5, 5.41) is 12.4. The van der Waals surface area contributed by atoms with Crippen molar-refractivity contribution in [2.75, 3.05) is 12.9 Å². The van der Waals surface area contributed by atoms with Crippen LogP contribution in [0.25, 0.3) is 0 Å². The molecule has 3 rings (SSSR count). The number of nitrogens with zero attached hydrogens (tertiary/aromatic N) is 3. The zero-order valence-electron chi connectivity index (χ0n) is 15.6. The number of hydrogen-bond acceptors (Lipinski definition) is 5. The third kappa shape index (κ3) is 4.65.